The van der Waals surface area contributed by atoms with Gasteiger partial charge in [-0.25, -0.2) is 4.99 Å². The maximum absolute atomic E-state index is 13.0. The van der Waals surface area contributed by atoms with E-state index < -0.39 is 18.6 Å². The van der Waals surface area contributed by atoms with Crippen LogP contribution >= 0.6 is 0 Å². The number of alkyl halides is 1. The number of carboxylic acid groups (broad SMARTS) is 1. The van der Waals surface area contributed by atoms with Gasteiger partial charge in [-0.2, -0.15) is 0 Å². The van der Waals surface area contributed by atoms with E-state index in [2.05, 4.69) is 44.5 Å². The Bertz CT molecular complexity index is 686. The van der Waals surface area contributed by atoms with E-state index in [9.17, 15) is 9.18 Å². The van der Waals surface area contributed by atoms with Gasteiger partial charge >= 0.3 is 5.97 Å². The first-order valence-corrected chi connectivity index (χ1v) is 11.2. The highest BCUT2D eigenvalue weighted by atomic mass is 19.1. The summed E-state index contributed by atoms with van der Waals surface area (Å²) in [6.45, 7) is 7.82. The van der Waals surface area contributed by atoms with Gasteiger partial charge in [0.2, 0.25) is 5.90 Å². The van der Waals surface area contributed by atoms with Crippen molar-refractivity contribution in [3.63, 3.8) is 0 Å². The molecule has 6 atom stereocenters. The molecule has 0 spiro atoms. The third-order valence-electron chi connectivity index (χ3n) is 6.28. The molecule has 0 fully saturated rings. The number of aliphatic imine (C=N–C) groups is 1. The van der Waals surface area contributed by atoms with Gasteiger partial charge in [-0.05, 0) is 50.9 Å². The van der Waals surface area contributed by atoms with Crippen molar-refractivity contribution in [2.45, 2.75) is 66.0 Å². The SMILES string of the molecule is CC[C@H](CCC(C)C1=CC=CCC1C)C1=N[C@@H](C(/C=C\[C@@H](C)C(=O)O)CCF)NO1. The van der Waals surface area contributed by atoms with E-state index >= 15 is 0 Å². The highest BCUT2D eigenvalue weighted by Gasteiger charge is 2.30. The molecule has 0 amide bonds. The molecule has 0 aromatic carbocycles. The highest BCUT2D eigenvalue weighted by molar-refractivity contribution is 5.79. The molecular formula is C24H37FN2O3. The highest BCUT2D eigenvalue weighted by Crippen LogP contribution is 2.31. The van der Waals surface area contributed by atoms with Crippen LogP contribution in [0.4, 0.5) is 4.39 Å². The van der Waals surface area contributed by atoms with Gasteiger partial charge in [-0.15, -0.1) is 5.48 Å². The monoisotopic (exact) mass is 420 g/mol. The number of halogens is 1. The summed E-state index contributed by atoms with van der Waals surface area (Å²) < 4.78 is 13.0. The van der Waals surface area contributed by atoms with Crippen molar-refractivity contribution in [3.8, 4) is 0 Å². The van der Waals surface area contributed by atoms with E-state index in [4.69, 9.17) is 14.9 Å². The van der Waals surface area contributed by atoms with Crippen molar-refractivity contribution in [2.75, 3.05) is 6.67 Å². The van der Waals surface area contributed by atoms with Crippen LogP contribution in [-0.4, -0.2) is 29.8 Å². The van der Waals surface area contributed by atoms with Gasteiger partial charge in [-0.3, -0.25) is 9.18 Å². The second kappa shape index (κ2) is 12.0. The fourth-order valence-corrected chi connectivity index (χ4v) is 4.09. The standard InChI is InChI=1S/C24H37FN2O3/c1-5-19(12-10-17(3)21-9-7-6-8-16(21)2)23-26-22(27-30-23)20(14-15-25)13-11-18(4)24(28)29/h6-7,9,11,13,16-20,22,27H,5,8,10,12,14-15H2,1-4H3,(H,28,29)/b13-11-/t16?,17?,18-,19-,20?,22-/m1/s1. The molecule has 0 aromatic rings. The second-order valence-electron chi connectivity index (χ2n) is 8.60. The number of hydrogen-bond acceptors (Lipinski definition) is 4. The van der Waals surface area contributed by atoms with Crippen LogP contribution in [0, 0.1) is 29.6 Å². The normalized spacial score (nSPS) is 25.4. The molecule has 30 heavy (non-hydrogen) atoms. The maximum Gasteiger partial charge on any atom is 0.310 e. The van der Waals surface area contributed by atoms with Crippen LogP contribution in [0.15, 0.2) is 40.9 Å². The van der Waals surface area contributed by atoms with Crippen molar-refractivity contribution in [1.82, 2.24) is 5.48 Å². The average molecular weight is 421 g/mol. The van der Waals surface area contributed by atoms with E-state index in [0.717, 1.165) is 25.7 Å². The summed E-state index contributed by atoms with van der Waals surface area (Å²) in [6, 6.07) is 0. The van der Waals surface area contributed by atoms with Gasteiger partial charge in [0, 0.05) is 11.8 Å². The Kier molecular flexibility index (Phi) is 9.76. The second-order valence-corrected chi connectivity index (χ2v) is 8.60. The number of allylic oxidation sites excluding steroid dienone is 4. The van der Waals surface area contributed by atoms with Crippen LogP contribution < -0.4 is 5.48 Å². The molecule has 6 heteroatoms. The minimum atomic E-state index is -0.900. The Hall–Kier alpha value is -1.95. The molecule has 168 valence electrons. The molecule has 2 rings (SSSR count). The topological polar surface area (TPSA) is 70.9 Å². The molecule has 1 aliphatic heterocycles. The number of aliphatic carboxylic acids is 1. The van der Waals surface area contributed by atoms with Crippen molar-refractivity contribution >= 4 is 11.9 Å². The largest absolute Gasteiger partial charge is 0.481 e. The van der Waals surface area contributed by atoms with E-state index in [0.29, 0.717) is 17.7 Å². The van der Waals surface area contributed by atoms with E-state index in [1.807, 2.05) is 0 Å². The van der Waals surface area contributed by atoms with Crippen molar-refractivity contribution in [2.24, 2.45) is 34.6 Å². The minimum absolute atomic E-state index is 0.216. The number of hydroxylamine groups is 1. The molecule has 5 nitrogen and oxygen atoms in total. The van der Waals surface area contributed by atoms with Crippen LogP contribution in [0.1, 0.15) is 59.8 Å². The fraction of sp³-hybridized carbons (Fsp3) is 0.667. The number of carboxylic acids is 1. The van der Waals surface area contributed by atoms with Gasteiger partial charge in [0.25, 0.3) is 0 Å². The lowest BCUT2D eigenvalue weighted by molar-refractivity contribution is -0.139. The van der Waals surface area contributed by atoms with Crippen LogP contribution in [0.3, 0.4) is 0 Å². The molecule has 2 N–H and O–H groups in total. The predicted octanol–water partition coefficient (Wildman–Crippen LogP) is 5.46. The van der Waals surface area contributed by atoms with Crippen LogP contribution in [0.2, 0.25) is 0 Å². The predicted molar refractivity (Wildman–Crippen MR) is 119 cm³/mol. The van der Waals surface area contributed by atoms with E-state index in [-0.39, 0.29) is 24.4 Å². The van der Waals surface area contributed by atoms with Crippen molar-refractivity contribution < 1.29 is 19.1 Å². The molecule has 0 radical (unpaired) electrons. The number of nitrogens with one attached hydrogen (secondary N) is 1. The number of hydrogen-bond donors (Lipinski definition) is 2. The summed E-state index contributed by atoms with van der Waals surface area (Å²) in [5.74, 6) is 0.252. The molecule has 0 saturated carbocycles. The summed E-state index contributed by atoms with van der Waals surface area (Å²) in [5, 5.41) is 9.05. The van der Waals surface area contributed by atoms with Gasteiger partial charge in [-0.1, -0.05) is 56.7 Å². The Morgan fingerprint density at radius 1 is 1.37 bits per heavy atom. The molecule has 0 bridgehead atoms. The number of nitrogens with zero attached hydrogens (tertiary/aromatic N) is 1. The van der Waals surface area contributed by atoms with Gasteiger partial charge < -0.3 is 9.94 Å². The number of rotatable bonds is 12. The molecule has 0 saturated heterocycles. The number of carbonyl (C=O) groups is 1. The van der Waals surface area contributed by atoms with Gasteiger partial charge in [0.1, 0.15) is 6.17 Å². The summed E-state index contributed by atoms with van der Waals surface area (Å²) in [5.41, 5.74) is 4.44. The minimum Gasteiger partial charge on any atom is -0.481 e. The van der Waals surface area contributed by atoms with Crippen molar-refractivity contribution in [3.05, 3.63) is 36.0 Å². The van der Waals surface area contributed by atoms with E-state index in [1.165, 1.54) is 5.57 Å². The summed E-state index contributed by atoms with van der Waals surface area (Å²) >= 11 is 0. The first kappa shape index (κ1) is 24.3. The summed E-state index contributed by atoms with van der Waals surface area (Å²) in [7, 11) is 0. The van der Waals surface area contributed by atoms with Gasteiger partial charge in [0.15, 0.2) is 0 Å². The van der Waals surface area contributed by atoms with Crippen molar-refractivity contribution in [1.29, 1.82) is 0 Å². The maximum atomic E-state index is 13.0. The lowest BCUT2D eigenvalue weighted by atomic mass is 9.81. The molecule has 0 aromatic heterocycles. The first-order valence-electron chi connectivity index (χ1n) is 11.2. The lowest BCUT2D eigenvalue weighted by Gasteiger charge is -2.24. The Balaban J connectivity index is 1.99. The van der Waals surface area contributed by atoms with Crippen LogP contribution in [0.5, 0.6) is 0 Å². The Labute approximate surface area is 180 Å². The van der Waals surface area contributed by atoms with Gasteiger partial charge in [0.05, 0.1) is 12.6 Å². The summed E-state index contributed by atoms with van der Waals surface area (Å²) in [6.07, 6.45) is 14.0. The quantitative estimate of drug-likeness (QED) is 0.411. The summed E-state index contributed by atoms with van der Waals surface area (Å²) in [4.78, 5) is 21.4. The zero-order valence-electron chi connectivity index (χ0n) is 18.7. The van der Waals surface area contributed by atoms with E-state index in [1.54, 1.807) is 19.1 Å². The molecule has 1 heterocycles. The zero-order valence-corrected chi connectivity index (χ0v) is 18.7. The molecule has 1 aliphatic carbocycles. The Morgan fingerprint density at radius 2 is 2.13 bits per heavy atom. The molecular weight excluding hydrogens is 383 g/mol. The fourth-order valence-electron chi connectivity index (χ4n) is 4.09. The van der Waals surface area contributed by atoms with Crippen LogP contribution in [0.25, 0.3) is 0 Å². The smallest absolute Gasteiger partial charge is 0.310 e. The molecule has 3 unspecified atom stereocenters. The first-order chi connectivity index (χ1) is 14.4. The third kappa shape index (κ3) is 6.79. The average Bonchev–Trinajstić information content (AvgIpc) is 3.21. The van der Waals surface area contributed by atoms with Crippen LogP contribution in [-0.2, 0) is 9.63 Å². The lowest BCUT2D eigenvalue weighted by Crippen LogP contribution is -2.29. The zero-order chi connectivity index (χ0) is 22.1. The Morgan fingerprint density at radius 3 is 2.77 bits per heavy atom. The molecule has 2 aliphatic rings. The third-order valence-corrected chi connectivity index (χ3v) is 6.28.